The molecule has 144 valence electrons. The fourth-order valence-corrected chi connectivity index (χ4v) is 4.17. The summed E-state index contributed by atoms with van der Waals surface area (Å²) < 4.78 is 5.21. The van der Waals surface area contributed by atoms with E-state index in [1.165, 1.54) is 6.33 Å². The van der Waals surface area contributed by atoms with Gasteiger partial charge in [0.15, 0.2) is 0 Å². The van der Waals surface area contributed by atoms with Gasteiger partial charge in [-0.25, -0.2) is 9.97 Å². The Hall–Kier alpha value is -2.64. The molecule has 1 amide bonds. The van der Waals surface area contributed by atoms with Crippen molar-refractivity contribution in [3.05, 3.63) is 24.3 Å². The summed E-state index contributed by atoms with van der Waals surface area (Å²) in [5.41, 5.74) is 1.83. The van der Waals surface area contributed by atoms with Gasteiger partial charge in [0, 0.05) is 31.0 Å². The van der Waals surface area contributed by atoms with E-state index in [2.05, 4.69) is 30.4 Å². The third-order valence-corrected chi connectivity index (χ3v) is 5.64. The molecule has 1 aliphatic carbocycles. The SMILES string of the molecule is COc1cc(N2CCCC(c3[nH]ncc3NC(=O)C3CCCC3)C2)ncn1. The molecule has 1 unspecified atom stereocenters. The van der Waals surface area contributed by atoms with E-state index in [0.29, 0.717) is 5.88 Å². The van der Waals surface area contributed by atoms with Gasteiger partial charge in [-0.2, -0.15) is 5.10 Å². The fraction of sp³-hybridized carbons (Fsp3) is 0.579. The van der Waals surface area contributed by atoms with Crippen LogP contribution in [0.1, 0.15) is 50.1 Å². The molecule has 2 aliphatic rings. The minimum Gasteiger partial charge on any atom is -0.481 e. The largest absolute Gasteiger partial charge is 0.481 e. The van der Waals surface area contributed by atoms with Gasteiger partial charge >= 0.3 is 0 Å². The van der Waals surface area contributed by atoms with Crippen molar-refractivity contribution in [2.75, 3.05) is 30.4 Å². The van der Waals surface area contributed by atoms with Crippen molar-refractivity contribution >= 4 is 17.4 Å². The number of anilines is 2. The zero-order valence-electron chi connectivity index (χ0n) is 15.6. The van der Waals surface area contributed by atoms with Crippen molar-refractivity contribution in [1.29, 1.82) is 0 Å². The van der Waals surface area contributed by atoms with E-state index in [0.717, 1.165) is 68.8 Å². The van der Waals surface area contributed by atoms with Crippen LogP contribution in [0.2, 0.25) is 0 Å². The maximum absolute atomic E-state index is 12.5. The number of carbonyl (C=O) groups excluding carboxylic acids is 1. The van der Waals surface area contributed by atoms with E-state index in [1.807, 2.05) is 6.07 Å². The Morgan fingerprint density at radius 3 is 2.93 bits per heavy atom. The van der Waals surface area contributed by atoms with Gasteiger partial charge < -0.3 is 15.0 Å². The molecule has 1 atom stereocenters. The zero-order chi connectivity index (χ0) is 18.6. The molecule has 2 aromatic rings. The topological polar surface area (TPSA) is 96.0 Å². The molecule has 27 heavy (non-hydrogen) atoms. The number of hydrogen-bond acceptors (Lipinski definition) is 6. The number of aromatic nitrogens is 4. The maximum Gasteiger partial charge on any atom is 0.227 e. The van der Waals surface area contributed by atoms with E-state index >= 15 is 0 Å². The number of methoxy groups -OCH3 is 1. The second kappa shape index (κ2) is 7.94. The van der Waals surface area contributed by atoms with E-state index in [9.17, 15) is 4.79 Å². The number of piperidine rings is 1. The van der Waals surface area contributed by atoms with Gasteiger partial charge in [0.2, 0.25) is 11.8 Å². The molecule has 2 fully saturated rings. The van der Waals surface area contributed by atoms with Crippen molar-refractivity contribution in [3.63, 3.8) is 0 Å². The summed E-state index contributed by atoms with van der Waals surface area (Å²) in [7, 11) is 1.61. The third kappa shape index (κ3) is 3.89. The first-order valence-corrected chi connectivity index (χ1v) is 9.69. The Balaban J connectivity index is 1.47. The van der Waals surface area contributed by atoms with E-state index in [4.69, 9.17) is 4.74 Å². The van der Waals surface area contributed by atoms with Gasteiger partial charge in [0.25, 0.3) is 0 Å². The summed E-state index contributed by atoms with van der Waals surface area (Å²) in [5.74, 6) is 1.96. The Morgan fingerprint density at radius 1 is 1.26 bits per heavy atom. The van der Waals surface area contributed by atoms with E-state index in [-0.39, 0.29) is 17.7 Å². The number of nitrogens with zero attached hydrogens (tertiary/aromatic N) is 4. The first-order valence-electron chi connectivity index (χ1n) is 9.69. The van der Waals surface area contributed by atoms with Crippen LogP contribution < -0.4 is 15.0 Å². The molecule has 0 spiro atoms. The van der Waals surface area contributed by atoms with Crippen LogP contribution in [0.4, 0.5) is 11.5 Å². The van der Waals surface area contributed by atoms with Crippen LogP contribution in [0.15, 0.2) is 18.6 Å². The van der Waals surface area contributed by atoms with Gasteiger partial charge in [0.1, 0.15) is 12.1 Å². The highest BCUT2D eigenvalue weighted by Gasteiger charge is 2.28. The lowest BCUT2D eigenvalue weighted by atomic mass is 9.94. The Kier molecular flexibility index (Phi) is 5.22. The van der Waals surface area contributed by atoms with Crippen LogP contribution in [-0.2, 0) is 4.79 Å². The lowest BCUT2D eigenvalue weighted by molar-refractivity contribution is -0.119. The van der Waals surface area contributed by atoms with Crippen LogP contribution in [0, 0.1) is 5.92 Å². The molecule has 0 radical (unpaired) electrons. The van der Waals surface area contributed by atoms with Crippen molar-refractivity contribution < 1.29 is 9.53 Å². The van der Waals surface area contributed by atoms with Gasteiger partial charge in [-0.3, -0.25) is 9.89 Å². The van der Waals surface area contributed by atoms with E-state index in [1.54, 1.807) is 13.3 Å². The summed E-state index contributed by atoms with van der Waals surface area (Å²) >= 11 is 0. The number of rotatable bonds is 5. The summed E-state index contributed by atoms with van der Waals surface area (Å²) in [6.07, 6.45) is 9.64. The minimum atomic E-state index is 0.128. The first kappa shape index (κ1) is 17.8. The molecule has 1 saturated carbocycles. The normalized spacial score (nSPS) is 20.6. The average molecular weight is 370 g/mol. The molecule has 8 heteroatoms. The summed E-state index contributed by atoms with van der Waals surface area (Å²) in [5, 5.41) is 10.4. The highest BCUT2D eigenvalue weighted by molar-refractivity contribution is 5.93. The summed E-state index contributed by atoms with van der Waals surface area (Å²) in [4.78, 5) is 23.2. The first-order chi connectivity index (χ1) is 13.2. The molecule has 4 rings (SSSR count). The smallest absolute Gasteiger partial charge is 0.227 e. The monoisotopic (exact) mass is 370 g/mol. The van der Waals surface area contributed by atoms with E-state index < -0.39 is 0 Å². The fourth-order valence-electron chi connectivity index (χ4n) is 4.17. The number of nitrogens with one attached hydrogen (secondary N) is 2. The molecule has 0 aromatic carbocycles. The van der Waals surface area contributed by atoms with Crippen molar-refractivity contribution in [1.82, 2.24) is 20.2 Å². The van der Waals surface area contributed by atoms with Crippen LogP contribution in [0.5, 0.6) is 5.88 Å². The van der Waals surface area contributed by atoms with Gasteiger partial charge in [-0.05, 0) is 25.7 Å². The van der Waals surface area contributed by atoms with Gasteiger partial charge in [-0.15, -0.1) is 0 Å². The highest BCUT2D eigenvalue weighted by atomic mass is 16.5. The molecular weight excluding hydrogens is 344 g/mol. The van der Waals surface area contributed by atoms with Crippen LogP contribution in [0.3, 0.4) is 0 Å². The molecule has 8 nitrogen and oxygen atoms in total. The summed E-state index contributed by atoms with van der Waals surface area (Å²) in [6.45, 7) is 1.75. The van der Waals surface area contributed by atoms with Crippen LogP contribution in [-0.4, -0.2) is 46.3 Å². The Morgan fingerprint density at radius 2 is 2.11 bits per heavy atom. The molecule has 2 aromatic heterocycles. The molecule has 2 N–H and O–H groups in total. The molecule has 0 bridgehead atoms. The van der Waals surface area contributed by atoms with Crippen LogP contribution >= 0.6 is 0 Å². The molecule has 1 aliphatic heterocycles. The average Bonchev–Trinajstić information content (AvgIpc) is 3.40. The lowest BCUT2D eigenvalue weighted by Crippen LogP contribution is -2.35. The second-order valence-electron chi connectivity index (χ2n) is 7.37. The quantitative estimate of drug-likeness (QED) is 0.840. The second-order valence-corrected chi connectivity index (χ2v) is 7.37. The minimum absolute atomic E-state index is 0.128. The Bertz CT molecular complexity index is 786. The predicted molar refractivity (Wildman–Crippen MR) is 102 cm³/mol. The van der Waals surface area contributed by atoms with Crippen molar-refractivity contribution in [2.45, 2.75) is 44.4 Å². The van der Waals surface area contributed by atoms with Crippen molar-refractivity contribution in [3.8, 4) is 5.88 Å². The van der Waals surface area contributed by atoms with Crippen molar-refractivity contribution in [2.24, 2.45) is 5.92 Å². The number of H-pyrrole nitrogens is 1. The Labute approximate surface area is 158 Å². The zero-order valence-corrected chi connectivity index (χ0v) is 15.6. The highest BCUT2D eigenvalue weighted by Crippen LogP contribution is 2.33. The predicted octanol–water partition coefficient (Wildman–Crippen LogP) is 2.72. The number of ether oxygens (including phenoxy) is 1. The number of hydrogen-bond donors (Lipinski definition) is 2. The van der Waals surface area contributed by atoms with Gasteiger partial charge in [0.05, 0.1) is 24.7 Å². The number of carbonyl (C=O) groups is 1. The molecule has 1 saturated heterocycles. The number of aromatic amines is 1. The van der Waals surface area contributed by atoms with Crippen LogP contribution in [0.25, 0.3) is 0 Å². The molecule has 3 heterocycles. The summed E-state index contributed by atoms with van der Waals surface area (Å²) in [6, 6.07) is 1.86. The maximum atomic E-state index is 12.5. The number of amides is 1. The molecular formula is C19H26N6O2. The van der Waals surface area contributed by atoms with Gasteiger partial charge in [-0.1, -0.05) is 12.8 Å². The lowest BCUT2D eigenvalue weighted by Gasteiger charge is -2.33. The standard InChI is InChI=1S/C19H26N6O2/c1-27-17-9-16(20-12-21-17)25-8-4-7-14(11-25)18-15(10-22-24-18)23-19(26)13-5-2-3-6-13/h9-10,12-14H,2-8,11H2,1H3,(H,22,24)(H,23,26). The third-order valence-electron chi connectivity index (χ3n) is 5.64.